The molecule has 1 fully saturated rings. The number of furan rings is 1. The SMILES string of the molecule is CCOC(=O)C1CCN(C(=O)CN(C)C(=O)c2occc2COc2ccccc2)CC1. The van der Waals surface area contributed by atoms with Gasteiger partial charge in [0.2, 0.25) is 5.91 Å². The Hall–Kier alpha value is -3.29. The number of carbonyl (C=O) groups excluding carboxylic acids is 3. The molecule has 8 heteroatoms. The molecule has 1 aliphatic rings. The third kappa shape index (κ3) is 5.87. The van der Waals surface area contributed by atoms with Gasteiger partial charge in [0.25, 0.3) is 5.91 Å². The molecule has 1 aliphatic heterocycles. The fourth-order valence-corrected chi connectivity index (χ4v) is 3.49. The topological polar surface area (TPSA) is 89.3 Å². The number of nitrogens with zero attached hydrogens (tertiary/aromatic N) is 2. The van der Waals surface area contributed by atoms with Gasteiger partial charge in [-0.05, 0) is 38.0 Å². The van der Waals surface area contributed by atoms with Crippen molar-refractivity contribution in [2.45, 2.75) is 26.4 Å². The first kappa shape index (κ1) is 22.4. The van der Waals surface area contributed by atoms with Gasteiger partial charge < -0.3 is 23.7 Å². The standard InChI is InChI=1S/C23H28N2O6/c1-3-29-23(28)17-9-12-25(13-10-17)20(26)15-24(2)22(27)21-18(11-14-30-21)16-31-19-7-5-4-6-8-19/h4-8,11,14,17H,3,9-10,12-13,15-16H2,1-2H3. The lowest BCUT2D eigenvalue weighted by molar-refractivity contribution is -0.151. The molecular weight excluding hydrogens is 400 g/mol. The summed E-state index contributed by atoms with van der Waals surface area (Å²) in [4.78, 5) is 40.3. The van der Waals surface area contributed by atoms with Crippen molar-refractivity contribution >= 4 is 17.8 Å². The van der Waals surface area contributed by atoms with E-state index in [2.05, 4.69) is 0 Å². The van der Waals surface area contributed by atoms with E-state index in [4.69, 9.17) is 13.9 Å². The van der Waals surface area contributed by atoms with Gasteiger partial charge in [0, 0.05) is 25.7 Å². The molecular formula is C23H28N2O6. The van der Waals surface area contributed by atoms with E-state index in [1.165, 1.54) is 11.2 Å². The maximum absolute atomic E-state index is 12.8. The quantitative estimate of drug-likeness (QED) is 0.601. The van der Waals surface area contributed by atoms with E-state index >= 15 is 0 Å². The van der Waals surface area contributed by atoms with Crippen LogP contribution in [-0.2, 0) is 20.9 Å². The van der Waals surface area contributed by atoms with Gasteiger partial charge in [-0.3, -0.25) is 14.4 Å². The zero-order chi connectivity index (χ0) is 22.2. The summed E-state index contributed by atoms with van der Waals surface area (Å²) in [5.74, 6) is -0.0639. The zero-order valence-electron chi connectivity index (χ0n) is 17.9. The number of benzene rings is 1. The number of esters is 1. The van der Waals surface area contributed by atoms with Crippen molar-refractivity contribution < 1.29 is 28.3 Å². The molecule has 0 radical (unpaired) electrons. The molecule has 31 heavy (non-hydrogen) atoms. The minimum absolute atomic E-state index is 0.0669. The largest absolute Gasteiger partial charge is 0.489 e. The number of carbonyl (C=O) groups is 3. The normalized spacial score (nSPS) is 14.2. The molecule has 8 nitrogen and oxygen atoms in total. The van der Waals surface area contributed by atoms with E-state index < -0.39 is 0 Å². The monoisotopic (exact) mass is 428 g/mol. The molecule has 0 bridgehead atoms. The molecule has 3 rings (SSSR count). The highest BCUT2D eigenvalue weighted by atomic mass is 16.5. The van der Waals surface area contributed by atoms with Crippen LogP contribution < -0.4 is 4.74 Å². The molecule has 0 aliphatic carbocycles. The number of likely N-dealkylation sites (tertiary alicyclic amines) is 1. The summed E-state index contributed by atoms with van der Waals surface area (Å²) in [5.41, 5.74) is 0.614. The molecule has 0 unspecified atom stereocenters. The lowest BCUT2D eigenvalue weighted by Crippen LogP contribution is -2.45. The summed E-state index contributed by atoms with van der Waals surface area (Å²) < 4.78 is 16.1. The van der Waals surface area contributed by atoms with Crippen LogP contribution in [0.4, 0.5) is 0 Å². The van der Waals surface area contributed by atoms with Crippen LogP contribution in [0.25, 0.3) is 0 Å². The number of amides is 2. The van der Waals surface area contributed by atoms with E-state index in [9.17, 15) is 14.4 Å². The van der Waals surface area contributed by atoms with Gasteiger partial charge in [0.1, 0.15) is 12.4 Å². The van der Waals surface area contributed by atoms with Crippen LogP contribution in [0, 0.1) is 5.92 Å². The summed E-state index contributed by atoms with van der Waals surface area (Å²) in [7, 11) is 1.57. The van der Waals surface area contributed by atoms with Crippen molar-refractivity contribution in [2.75, 3.05) is 33.3 Å². The molecule has 0 atom stereocenters. The van der Waals surface area contributed by atoms with Gasteiger partial charge in [-0.15, -0.1) is 0 Å². The highest BCUT2D eigenvalue weighted by molar-refractivity contribution is 5.95. The Morgan fingerprint density at radius 3 is 2.52 bits per heavy atom. The molecule has 0 saturated carbocycles. The van der Waals surface area contributed by atoms with Crippen LogP contribution in [-0.4, -0.2) is 60.9 Å². The number of hydrogen-bond acceptors (Lipinski definition) is 6. The van der Waals surface area contributed by atoms with Crippen LogP contribution >= 0.6 is 0 Å². The first-order chi connectivity index (χ1) is 15.0. The van der Waals surface area contributed by atoms with Gasteiger partial charge in [0.05, 0.1) is 25.3 Å². The Morgan fingerprint density at radius 2 is 1.84 bits per heavy atom. The molecule has 166 valence electrons. The molecule has 2 heterocycles. The second-order valence-electron chi connectivity index (χ2n) is 7.45. The number of hydrogen-bond donors (Lipinski definition) is 0. The van der Waals surface area contributed by atoms with Crippen molar-refractivity contribution in [1.29, 1.82) is 0 Å². The van der Waals surface area contributed by atoms with Crippen molar-refractivity contribution in [2.24, 2.45) is 5.92 Å². The average molecular weight is 428 g/mol. The summed E-state index contributed by atoms with van der Waals surface area (Å²) >= 11 is 0. The number of ether oxygens (including phenoxy) is 2. The Kier molecular flexibility index (Phi) is 7.70. The van der Waals surface area contributed by atoms with E-state index in [1.807, 2.05) is 30.3 Å². The molecule has 1 aromatic heterocycles. The lowest BCUT2D eigenvalue weighted by Gasteiger charge is -2.32. The van der Waals surface area contributed by atoms with Gasteiger partial charge in [-0.1, -0.05) is 18.2 Å². The number of likely N-dealkylation sites (N-methyl/N-ethyl adjacent to an activating group) is 1. The van der Waals surface area contributed by atoms with E-state index in [-0.39, 0.29) is 42.6 Å². The Labute approximate surface area is 181 Å². The summed E-state index contributed by atoms with van der Waals surface area (Å²) in [6.45, 7) is 3.20. The highest BCUT2D eigenvalue weighted by Gasteiger charge is 2.29. The van der Waals surface area contributed by atoms with Crippen LogP contribution in [0.2, 0.25) is 0 Å². The lowest BCUT2D eigenvalue weighted by atomic mass is 9.97. The minimum atomic E-state index is -0.383. The maximum atomic E-state index is 12.8. The van der Waals surface area contributed by atoms with Crippen LogP contribution in [0.5, 0.6) is 5.75 Å². The minimum Gasteiger partial charge on any atom is -0.489 e. The van der Waals surface area contributed by atoms with Crippen molar-refractivity contribution in [1.82, 2.24) is 9.80 Å². The van der Waals surface area contributed by atoms with Crippen molar-refractivity contribution in [3.8, 4) is 5.75 Å². The van der Waals surface area contributed by atoms with Crippen LogP contribution in [0.15, 0.2) is 47.1 Å². The molecule has 2 aromatic rings. The summed E-state index contributed by atoms with van der Waals surface area (Å²) in [6, 6.07) is 11.0. The zero-order valence-corrected chi connectivity index (χ0v) is 17.9. The summed E-state index contributed by atoms with van der Waals surface area (Å²) in [5, 5.41) is 0. The molecule has 2 amide bonds. The molecule has 0 N–H and O–H groups in total. The van der Waals surface area contributed by atoms with Crippen LogP contribution in [0.1, 0.15) is 35.9 Å². The predicted octanol–water partition coefficient (Wildman–Crippen LogP) is 2.73. The van der Waals surface area contributed by atoms with Gasteiger partial charge in [0.15, 0.2) is 5.76 Å². The molecule has 1 saturated heterocycles. The number of piperidine rings is 1. The molecule has 0 spiro atoms. The first-order valence-electron chi connectivity index (χ1n) is 10.4. The third-order valence-corrected chi connectivity index (χ3v) is 5.27. The van der Waals surface area contributed by atoms with Gasteiger partial charge >= 0.3 is 5.97 Å². The smallest absolute Gasteiger partial charge is 0.309 e. The third-order valence-electron chi connectivity index (χ3n) is 5.27. The van der Waals surface area contributed by atoms with E-state index in [1.54, 1.807) is 24.9 Å². The van der Waals surface area contributed by atoms with Crippen LogP contribution in [0.3, 0.4) is 0 Å². The fraction of sp³-hybridized carbons (Fsp3) is 0.435. The van der Waals surface area contributed by atoms with E-state index in [0.717, 1.165) is 0 Å². The molecule has 1 aromatic carbocycles. The maximum Gasteiger partial charge on any atom is 0.309 e. The Balaban J connectivity index is 1.51. The Bertz CT molecular complexity index is 886. The highest BCUT2D eigenvalue weighted by Crippen LogP contribution is 2.20. The summed E-state index contributed by atoms with van der Waals surface area (Å²) in [6.07, 6.45) is 2.58. The Morgan fingerprint density at radius 1 is 1.13 bits per heavy atom. The number of rotatable bonds is 8. The van der Waals surface area contributed by atoms with E-state index in [0.29, 0.717) is 43.9 Å². The second kappa shape index (κ2) is 10.7. The number of para-hydroxylation sites is 1. The van der Waals surface area contributed by atoms with Gasteiger partial charge in [-0.25, -0.2) is 0 Å². The second-order valence-corrected chi connectivity index (χ2v) is 7.45. The first-order valence-corrected chi connectivity index (χ1v) is 10.4. The fourth-order valence-electron chi connectivity index (χ4n) is 3.49. The van der Waals surface area contributed by atoms with Crippen molar-refractivity contribution in [3.05, 3.63) is 54.0 Å². The van der Waals surface area contributed by atoms with Crippen molar-refractivity contribution in [3.63, 3.8) is 0 Å². The predicted molar refractivity (Wildman–Crippen MR) is 112 cm³/mol. The average Bonchev–Trinajstić information content (AvgIpc) is 3.26. The van der Waals surface area contributed by atoms with Gasteiger partial charge in [-0.2, -0.15) is 0 Å².